The quantitative estimate of drug-likeness (QED) is 0.610. The fourth-order valence-electron chi connectivity index (χ4n) is 4.18. The number of halogens is 1. The van der Waals surface area contributed by atoms with Crippen molar-refractivity contribution in [3.63, 3.8) is 0 Å². The summed E-state index contributed by atoms with van der Waals surface area (Å²) in [5.74, 6) is 0.0477. The summed E-state index contributed by atoms with van der Waals surface area (Å²) in [6, 6.07) is 13.1. The van der Waals surface area contributed by atoms with E-state index in [2.05, 4.69) is 14.9 Å². The van der Waals surface area contributed by atoms with E-state index in [4.69, 9.17) is 16.3 Å². The van der Waals surface area contributed by atoms with Crippen molar-refractivity contribution in [2.45, 2.75) is 29.6 Å². The van der Waals surface area contributed by atoms with E-state index >= 15 is 0 Å². The molecule has 0 unspecified atom stereocenters. The molecule has 2 fully saturated rings. The van der Waals surface area contributed by atoms with Gasteiger partial charge in [-0.2, -0.15) is 0 Å². The van der Waals surface area contributed by atoms with E-state index in [9.17, 15) is 13.2 Å². The molecule has 1 amide bonds. The average molecular weight is 478 g/mol. The van der Waals surface area contributed by atoms with Crippen molar-refractivity contribution in [1.82, 2.24) is 10.2 Å². The molecule has 32 heavy (non-hydrogen) atoms. The lowest BCUT2D eigenvalue weighted by molar-refractivity contribution is -0.130. The molecular weight excluding hydrogens is 450 g/mol. The number of hydrogen-bond acceptors (Lipinski definition) is 5. The number of nitrogens with one attached hydrogen (secondary N) is 2. The molecule has 0 radical (unpaired) electrons. The summed E-state index contributed by atoms with van der Waals surface area (Å²) in [4.78, 5) is 15.5. The van der Waals surface area contributed by atoms with Crippen LogP contribution < -0.4 is 10.0 Å². The molecule has 1 aliphatic carbocycles. The highest BCUT2D eigenvalue weighted by Gasteiger charge is 2.45. The topological polar surface area (TPSA) is 87.7 Å². The molecule has 2 aromatic rings. The Balaban J connectivity index is 1.39. The minimum absolute atomic E-state index is 0.0477. The van der Waals surface area contributed by atoms with E-state index in [0.29, 0.717) is 17.3 Å². The summed E-state index contributed by atoms with van der Waals surface area (Å²) in [7, 11) is -3.71. The summed E-state index contributed by atoms with van der Waals surface area (Å²) in [6.07, 6.45) is 2.60. The molecule has 2 aliphatic rings. The van der Waals surface area contributed by atoms with Gasteiger partial charge < -0.3 is 10.1 Å². The first kappa shape index (κ1) is 23.0. The SMILES string of the molecule is O=C(NCCN1CCOCC1)C1(c2ccc(NS(=O)(=O)c3ccc(Cl)cc3)cc2)CCC1. The van der Waals surface area contributed by atoms with Crippen molar-refractivity contribution in [3.05, 3.63) is 59.1 Å². The van der Waals surface area contributed by atoms with E-state index in [1.165, 1.54) is 24.3 Å². The number of sulfonamides is 1. The number of carbonyl (C=O) groups excluding carboxylic acids is 1. The van der Waals surface area contributed by atoms with Gasteiger partial charge >= 0.3 is 0 Å². The number of amides is 1. The third kappa shape index (κ3) is 5.09. The molecule has 0 bridgehead atoms. The van der Waals surface area contributed by atoms with Gasteiger partial charge in [0, 0.05) is 36.9 Å². The molecule has 0 aromatic heterocycles. The molecule has 2 N–H and O–H groups in total. The first-order chi connectivity index (χ1) is 15.4. The Morgan fingerprint density at radius 1 is 1.03 bits per heavy atom. The fourth-order valence-corrected chi connectivity index (χ4v) is 5.37. The molecular formula is C23H28ClN3O4S. The fraction of sp³-hybridized carbons (Fsp3) is 0.435. The van der Waals surface area contributed by atoms with Crippen molar-refractivity contribution in [3.8, 4) is 0 Å². The highest BCUT2D eigenvalue weighted by atomic mass is 35.5. The Morgan fingerprint density at radius 2 is 1.69 bits per heavy atom. The second-order valence-corrected chi connectivity index (χ2v) is 10.4. The molecule has 1 saturated carbocycles. The number of carbonyl (C=O) groups is 1. The van der Waals surface area contributed by atoms with Crippen molar-refractivity contribution in [2.24, 2.45) is 0 Å². The maximum Gasteiger partial charge on any atom is 0.261 e. The minimum atomic E-state index is -3.71. The summed E-state index contributed by atoms with van der Waals surface area (Å²) < 4.78 is 33.1. The van der Waals surface area contributed by atoms with Crippen LogP contribution >= 0.6 is 11.6 Å². The molecule has 7 nitrogen and oxygen atoms in total. The van der Waals surface area contributed by atoms with Gasteiger partial charge in [0.05, 0.1) is 23.5 Å². The average Bonchev–Trinajstić information content (AvgIpc) is 2.75. The first-order valence-electron chi connectivity index (χ1n) is 10.9. The normalized spacial score (nSPS) is 18.5. The van der Waals surface area contributed by atoms with Gasteiger partial charge in [0.15, 0.2) is 0 Å². The Bertz CT molecular complexity index is 1030. The molecule has 172 valence electrons. The lowest BCUT2D eigenvalue weighted by Crippen LogP contribution is -2.51. The van der Waals surface area contributed by atoms with Gasteiger partial charge in [-0.25, -0.2) is 8.42 Å². The zero-order valence-corrected chi connectivity index (χ0v) is 19.4. The maximum atomic E-state index is 13.0. The molecule has 1 heterocycles. The number of anilines is 1. The lowest BCUT2D eigenvalue weighted by Gasteiger charge is -2.41. The number of nitrogens with zero attached hydrogens (tertiary/aromatic N) is 1. The van der Waals surface area contributed by atoms with E-state index in [1.807, 2.05) is 12.1 Å². The molecule has 1 saturated heterocycles. The second kappa shape index (κ2) is 9.79. The van der Waals surface area contributed by atoms with E-state index < -0.39 is 15.4 Å². The lowest BCUT2D eigenvalue weighted by atomic mass is 9.64. The smallest absolute Gasteiger partial charge is 0.261 e. The summed E-state index contributed by atoms with van der Waals surface area (Å²) in [5.41, 5.74) is 0.839. The third-order valence-corrected chi connectivity index (χ3v) is 7.92. The highest BCUT2D eigenvalue weighted by molar-refractivity contribution is 7.92. The van der Waals surface area contributed by atoms with Crippen LogP contribution in [0.5, 0.6) is 0 Å². The Hall–Kier alpha value is -2.13. The Labute approximate surface area is 194 Å². The molecule has 1 aliphatic heterocycles. The zero-order valence-electron chi connectivity index (χ0n) is 17.8. The van der Waals surface area contributed by atoms with E-state index in [-0.39, 0.29) is 10.8 Å². The predicted octanol–water partition coefficient (Wildman–Crippen LogP) is 3.01. The van der Waals surface area contributed by atoms with Crippen LogP contribution in [0, 0.1) is 0 Å². The standard InChI is InChI=1S/C23H28ClN3O4S/c24-19-4-8-21(9-5-19)32(29,30)26-20-6-2-18(3-7-20)23(10-1-11-23)22(28)25-12-13-27-14-16-31-17-15-27/h2-9,26H,1,10-17H2,(H,25,28). The van der Waals surface area contributed by atoms with Gasteiger partial charge in [-0.15, -0.1) is 0 Å². The van der Waals surface area contributed by atoms with Crippen LogP contribution in [-0.4, -0.2) is 58.6 Å². The van der Waals surface area contributed by atoms with Gasteiger partial charge in [-0.05, 0) is 54.8 Å². The molecule has 2 aromatic carbocycles. The number of hydrogen-bond donors (Lipinski definition) is 2. The van der Waals surface area contributed by atoms with Gasteiger partial charge in [-0.1, -0.05) is 30.2 Å². The van der Waals surface area contributed by atoms with Crippen molar-refractivity contribution < 1.29 is 17.9 Å². The highest BCUT2D eigenvalue weighted by Crippen LogP contribution is 2.44. The van der Waals surface area contributed by atoms with Gasteiger partial charge in [0.1, 0.15) is 0 Å². The molecule has 4 rings (SSSR count). The van der Waals surface area contributed by atoms with Crippen LogP contribution in [0.25, 0.3) is 0 Å². The summed E-state index contributed by atoms with van der Waals surface area (Å²) in [5, 5.41) is 3.58. The Kier molecular flexibility index (Phi) is 7.05. The summed E-state index contributed by atoms with van der Waals surface area (Å²) in [6.45, 7) is 4.71. The largest absolute Gasteiger partial charge is 0.379 e. The number of rotatable bonds is 8. The molecule has 9 heteroatoms. The van der Waals surface area contributed by atoms with E-state index in [1.54, 1.807) is 12.1 Å². The van der Waals surface area contributed by atoms with Gasteiger partial charge in [0.25, 0.3) is 10.0 Å². The van der Waals surface area contributed by atoms with Crippen LogP contribution in [0.2, 0.25) is 5.02 Å². The van der Waals surface area contributed by atoms with Crippen molar-refractivity contribution >= 4 is 33.2 Å². The number of ether oxygens (including phenoxy) is 1. The van der Waals surface area contributed by atoms with Crippen molar-refractivity contribution in [2.75, 3.05) is 44.1 Å². The minimum Gasteiger partial charge on any atom is -0.379 e. The monoisotopic (exact) mass is 477 g/mol. The van der Waals surface area contributed by atoms with Crippen LogP contribution in [0.15, 0.2) is 53.4 Å². The van der Waals surface area contributed by atoms with Crippen molar-refractivity contribution in [1.29, 1.82) is 0 Å². The maximum absolute atomic E-state index is 13.0. The second-order valence-electron chi connectivity index (χ2n) is 8.28. The van der Waals surface area contributed by atoms with Crippen LogP contribution in [0.3, 0.4) is 0 Å². The molecule has 0 spiro atoms. The van der Waals surface area contributed by atoms with Gasteiger partial charge in [0.2, 0.25) is 5.91 Å². The zero-order chi connectivity index (χ0) is 22.6. The molecule has 0 atom stereocenters. The number of benzene rings is 2. The van der Waals surface area contributed by atoms with Gasteiger partial charge in [-0.3, -0.25) is 14.4 Å². The number of morpholine rings is 1. The van der Waals surface area contributed by atoms with Crippen LogP contribution in [0.4, 0.5) is 5.69 Å². The first-order valence-corrected chi connectivity index (χ1v) is 12.7. The third-order valence-electron chi connectivity index (χ3n) is 6.27. The predicted molar refractivity (Wildman–Crippen MR) is 125 cm³/mol. The Morgan fingerprint density at radius 3 is 2.28 bits per heavy atom. The van der Waals surface area contributed by atoms with E-state index in [0.717, 1.165) is 57.7 Å². The summed E-state index contributed by atoms with van der Waals surface area (Å²) >= 11 is 5.84. The van der Waals surface area contributed by atoms with Crippen LogP contribution in [0.1, 0.15) is 24.8 Å². The van der Waals surface area contributed by atoms with Crippen LogP contribution in [-0.2, 0) is 25.0 Å².